The quantitative estimate of drug-likeness (QED) is 0.447. The van der Waals surface area contributed by atoms with Crippen molar-refractivity contribution in [3.8, 4) is 17.2 Å². The zero-order valence-electron chi connectivity index (χ0n) is 18.1. The first-order chi connectivity index (χ1) is 15.1. The average Bonchev–Trinajstić information content (AvgIpc) is 2.81. The molecule has 0 aliphatic heterocycles. The maximum atomic E-state index is 5.82. The Morgan fingerprint density at radius 1 is 0.839 bits per heavy atom. The van der Waals surface area contributed by atoms with Gasteiger partial charge in [-0.25, -0.2) is 0 Å². The van der Waals surface area contributed by atoms with Gasteiger partial charge in [0.25, 0.3) is 0 Å². The highest BCUT2D eigenvalue weighted by Crippen LogP contribution is 2.26. The molecule has 0 aliphatic carbocycles. The molecule has 0 atom stereocenters. The van der Waals surface area contributed by atoms with Crippen LogP contribution in [0.4, 0.5) is 5.69 Å². The molecular formula is C25H28N2O3S. The van der Waals surface area contributed by atoms with E-state index < -0.39 is 0 Å². The minimum Gasteiger partial charge on any atom is -0.497 e. The van der Waals surface area contributed by atoms with E-state index in [1.54, 1.807) is 14.2 Å². The summed E-state index contributed by atoms with van der Waals surface area (Å²) < 4.78 is 16.6. The number of rotatable bonds is 9. The van der Waals surface area contributed by atoms with E-state index in [0.29, 0.717) is 24.8 Å². The molecule has 0 saturated carbocycles. The molecule has 1 N–H and O–H groups in total. The Balaban J connectivity index is 1.85. The molecule has 0 fully saturated rings. The predicted octanol–water partition coefficient (Wildman–Crippen LogP) is 5.50. The van der Waals surface area contributed by atoms with E-state index in [4.69, 9.17) is 26.4 Å². The topological polar surface area (TPSA) is 43.0 Å². The molecule has 0 aromatic heterocycles. The Morgan fingerprint density at radius 3 is 2.19 bits per heavy atom. The first kappa shape index (κ1) is 22.4. The van der Waals surface area contributed by atoms with Gasteiger partial charge in [0.2, 0.25) is 0 Å². The van der Waals surface area contributed by atoms with E-state index in [0.717, 1.165) is 34.1 Å². The summed E-state index contributed by atoms with van der Waals surface area (Å²) in [4.78, 5) is 2.11. The normalized spacial score (nSPS) is 10.3. The van der Waals surface area contributed by atoms with Crippen LogP contribution in [0.3, 0.4) is 0 Å². The van der Waals surface area contributed by atoms with Crippen LogP contribution in [-0.2, 0) is 13.1 Å². The monoisotopic (exact) mass is 436 g/mol. The zero-order valence-corrected chi connectivity index (χ0v) is 18.9. The van der Waals surface area contributed by atoms with Crippen molar-refractivity contribution in [3.05, 3.63) is 83.9 Å². The Kier molecular flexibility index (Phi) is 8.12. The summed E-state index contributed by atoms with van der Waals surface area (Å²) in [6.07, 6.45) is 0. The van der Waals surface area contributed by atoms with Crippen LogP contribution in [0, 0.1) is 0 Å². The SMILES string of the molecule is CCOc1ccccc1NC(=S)N(Cc1ccc(OC)cc1)Cc1ccccc1OC. The van der Waals surface area contributed by atoms with Crippen molar-refractivity contribution in [1.29, 1.82) is 0 Å². The first-order valence-corrected chi connectivity index (χ1v) is 10.6. The first-order valence-electron chi connectivity index (χ1n) is 10.2. The van der Waals surface area contributed by atoms with Gasteiger partial charge in [0.1, 0.15) is 17.2 Å². The molecule has 0 heterocycles. The highest BCUT2D eigenvalue weighted by molar-refractivity contribution is 7.80. The summed E-state index contributed by atoms with van der Waals surface area (Å²) in [6.45, 7) is 3.78. The van der Waals surface area contributed by atoms with E-state index in [9.17, 15) is 0 Å². The second-order valence-corrected chi connectivity index (χ2v) is 7.26. The highest BCUT2D eigenvalue weighted by atomic mass is 32.1. The van der Waals surface area contributed by atoms with Crippen LogP contribution in [0.25, 0.3) is 0 Å². The molecule has 0 aliphatic rings. The van der Waals surface area contributed by atoms with E-state index in [1.165, 1.54) is 0 Å². The largest absolute Gasteiger partial charge is 0.497 e. The molecule has 3 rings (SSSR count). The van der Waals surface area contributed by atoms with E-state index in [-0.39, 0.29) is 0 Å². The molecule has 0 unspecified atom stereocenters. The molecule has 0 bridgehead atoms. The van der Waals surface area contributed by atoms with Crippen LogP contribution in [-0.4, -0.2) is 30.8 Å². The van der Waals surface area contributed by atoms with Crippen molar-refractivity contribution in [3.63, 3.8) is 0 Å². The van der Waals surface area contributed by atoms with Gasteiger partial charge in [-0.05, 0) is 55.0 Å². The van der Waals surface area contributed by atoms with Gasteiger partial charge in [0.15, 0.2) is 5.11 Å². The summed E-state index contributed by atoms with van der Waals surface area (Å²) in [5.74, 6) is 2.43. The number of ether oxygens (including phenoxy) is 3. The molecule has 3 aromatic rings. The van der Waals surface area contributed by atoms with Crippen LogP contribution >= 0.6 is 12.2 Å². The second-order valence-electron chi connectivity index (χ2n) is 6.88. The van der Waals surface area contributed by atoms with Crippen LogP contribution in [0.5, 0.6) is 17.2 Å². The third-order valence-corrected chi connectivity index (χ3v) is 5.16. The van der Waals surface area contributed by atoms with Gasteiger partial charge in [-0.3, -0.25) is 0 Å². The number of nitrogens with one attached hydrogen (secondary N) is 1. The van der Waals surface area contributed by atoms with Gasteiger partial charge >= 0.3 is 0 Å². The Labute approximate surface area is 189 Å². The van der Waals surface area contributed by atoms with E-state index >= 15 is 0 Å². The van der Waals surface area contributed by atoms with Gasteiger partial charge in [-0.1, -0.05) is 42.5 Å². The van der Waals surface area contributed by atoms with Gasteiger partial charge in [0, 0.05) is 18.7 Å². The van der Waals surface area contributed by atoms with Gasteiger partial charge in [-0.15, -0.1) is 0 Å². The van der Waals surface area contributed by atoms with Crippen molar-refractivity contribution < 1.29 is 14.2 Å². The second kappa shape index (κ2) is 11.2. The maximum Gasteiger partial charge on any atom is 0.174 e. The molecular weight excluding hydrogens is 408 g/mol. The van der Waals surface area contributed by atoms with E-state index in [2.05, 4.69) is 16.3 Å². The van der Waals surface area contributed by atoms with Crippen molar-refractivity contribution in [2.24, 2.45) is 0 Å². The molecule has 0 saturated heterocycles. The number of nitrogens with zero attached hydrogens (tertiary/aromatic N) is 1. The zero-order chi connectivity index (χ0) is 22.1. The van der Waals surface area contributed by atoms with Crippen molar-refractivity contribution in [2.75, 3.05) is 26.1 Å². The molecule has 31 heavy (non-hydrogen) atoms. The molecule has 6 heteroatoms. The summed E-state index contributed by atoms with van der Waals surface area (Å²) in [6, 6.07) is 23.8. The number of benzene rings is 3. The third-order valence-electron chi connectivity index (χ3n) is 4.80. The van der Waals surface area contributed by atoms with E-state index in [1.807, 2.05) is 73.7 Å². The third kappa shape index (κ3) is 6.12. The lowest BCUT2D eigenvalue weighted by Gasteiger charge is -2.27. The Hall–Kier alpha value is -3.25. The number of hydrogen-bond acceptors (Lipinski definition) is 4. The summed E-state index contributed by atoms with van der Waals surface area (Å²) in [7, 11) is 3.35. The van der Waals surface area contributed by atoms with Crippen LogP contribution in [0.1, 0.15) is 18.1 Å². The van der Waals surface area contributed by atoms with Gasteiger partial charge < -0.3 is 24.4 Å². The lowest BCUT2D eigenvalue weighted by molar-refractivity contribution is 0.341. The molecule has 5 nitrogen and oxygen atoms in total. The number of anilines is 1. The lowest BCUT2D eigenvalue weighted by Crippen LogP contribution is -2.34. The highest BCUT2D eigenvalue weighted by Gasteiger charge is 2.15. The standard InChI is InChI=1S/C25H28N2O3S/c1-4-30-24-12-8-6-10-22(24)26-25(31)27(17-19-13-15-21(28-2)16-14-19)18-20-9-5-7-11-23(20)29-3/h5-16H,4,17-18H2,1-3H3,(H,26,31). The predicted molar refractivity (Wildman–Crippen MR) is 129 cm³/mol. The molecule has 3 aromatic carbocycles. The lowest BCUT2D eigenvalue weighted by atomic mass is 10.1. The number of para-hydroxylation sites is 3. The maximum absolute atomic E-state index is 5.82. The average molecular weight is 437 g/mol. The summed E-state index contributed by atoms with van der Waals surface area (Å²) in [5.41, 5.74) is 3.02. The molecule has 162 valence electrons. The fourth-order valence-corrected chi connectivity index (χ4v) is 3.47. The van der Waals surface area contributed by atoms with Crippen molar-refractivity contribution in [2.45, 2.75) is 20.0 Å². The van der Waals surface area contributed by atoms with Crippen molar-refractivity contribution in [1.82, 2.24) is 4.90 Å². The summed E-state index contributed by atoms with van der Waals surface area (Å²) >= 11 is 5.82. The molecule has 0 amide bonds. The number of methoxy groups -OCH3 is 2. The van der Waals surface area contributed by atoms with Gasteiger partial charge in [0.05, 0.1) is 26.5 Å². The Morgan fingerprint density at radius 2 is 1.52 bits per heavy atom. The Bertz CT molecular complexity index is 992. The minimum atomic E-state index is 0.586. The minimum absolute atomic E-state index is 0.586. The smallest absolute Gasteiger partial charge is 0.174 e. The number of hydrogen-bond donors (Lipinski definition) is 1. The fraction of sp³-hybridized carbons (Fsp3) is 0.240. The van der Waals surface area contributed by atoms with Crippen LogP contribution in [0.2, 0.25) is 0 Å². The van der Waals surface area contributed by atoms with Crippen LogP contribution < -0.4 is 19.5 Å². The van der Waals surface area contributed by atoms with Gasteiger partial charge in [-0.2, -0.15) is 0 Å². The fourth-order valence-electron chi connectivity index (χ4n) is 3.24. The van der Waals surface area contributed by atoms with Crippen molar-refractivity contribution >= 4 is 23.0 Å². The molecule has 0 radical (unpaired) electrons. The van der Waals surface area contributed by atoms with Crippen LogP contribution in [0.15, 0.2) is 72.8 Å². The molecule has 0 spiro atoms. The number of thiocarbonyl (C=S) groups is 1. The summed E-state index contributed by atoms with van der Waals surface area (Å²) in [5, 5.41) is 3.97.